The Morgan fingerprint density at radius 1 is 1.28 bits per heavy atom. The van der Waals surface area contributed by atoms with Crippen LogP contribution in [-0.4, -0.2) is 61.0 Å². The molecule has 0 atom stereocenters. The Balaban J connectivity index is 1.24. The first-order chi connectivity index (χ1) is 12.3. The lowest BCUT2D eigenvalue weighted by Crippen LogP contribution is -2.45. The van der Waals surface area contributed by atoms with Crippen molar-refractivity contribution in [1.29, 1.82) is 0 Å². The van der Waals surface area contributed by atoms with Crippen LogP contribution in [0.3, 0.4) is 0 Å². The van der Waals surface area contributed by atoms with Gasteiger partial charge in [0.1, 0.15) is 0 Å². The van der Waals surface area contributed by atoms with E-state index in [1.807, 2.05) is 12.1 Å². The molecule has 2 aliphatic rings. The third-order valence-electron chi connectivity index (χ3n) is 4.74. The monoisotopic (exact) mass is 345 g/mol. The van der Waals surface area contributed by atoms with Crippen molar-refractivity contribution in [2.75, 3.05) is 39.4 Å². The van der Waals surface area contributed by atoms with Gasteiger partial charge in [0.05, 0.1) is 13.2 Å². The minimum atomic E-state index is -0.287. The average Bonchev–Trinajstić information content (AvgIpc) is 3.10. The van der Waals surface area contributed by atoms with Gasteiger partial charge < -0.3 is 19.7 Å². The highest BCUT2D eigenvalue weighted by molar-refractivity contribution is 5.91. The maximum atomic E-state index is 11.8. The molecule has 0 radical (unpaired) electrons. The van der Waals surface area contributed by atoms with E-state index in [2.05, 4.69) is 15.2 Å². The summed E-state index contributed by atoms with van der Waals surface area (Å²) in [5, 5.41) is 2.93. The molecule has 1 spiro atoms. The van der Waals surface area contributed by atoms with E-state index in [1.54, 1.807) is 24.5 Å². The van der Waals surface area contributed by atoms with E-state index in [4.69, 9.17) is 9.47 Å². The standard InChI is InChI=1S/C19H27N3O3/c23-18(6-5-17-4-3-9-20-16-17)21-10-1-2-11-22-12-7-19(8-13-22)24-14-15-25-19/h3-6,9,16H,1-2,7-8,10-15H2,(H,21,23)/b6-5-. The van der Waals surface area contributed by atoms with Crippen molar-refractivity contribution >= 4 is 12.0 Å². The number of pyridine rings is 1. The van der Waals surface area contributed by atoms with Gasteiger partial charge in [-0.15, -0.1) is 0 Å². The summed E-state index contributed by atoms with van der Waals surface area (Å²) in [5.74, 6) is -0.343. The van der Waals surface area contributed by atoms with Gasteiger partial charge in [-0.2, -0.15) is 0 Å². The number of nitrogens with zero attached hydrogens (tertiary/aromatic N) is 2. The summed E-state index contributed by atoms with van der Waals surface area (Å²) in [5.41, 5.74) is 0.927. The van der Waals surface area contributed by atoms with Gasteiger partial charge in [-0.1, -0.05) is 6.07 Å². The van der Waals surface area contributed by atoms with Gasteiger partial charge >= 0.3 is 0 Å². The van der Waals surface area contributed by atoms with Crippen LogP contribution < -0.4 is 5.32 Å². The van der Waals surface area contributed by atoms with Crippen LogP contribution in [0.15, 0.2) is 30.6 Å². The second kappa shape index (κ2) is 9.08. The van der Waals surface area contributed by atoms with Crippen molar-refractivity contribution in [2.45, 2.75) is 31.5 Å². The van der Waals surface area contributed by atoms with Crippen molar-refractivity contribution in [2.24, 2.45) is 0 Å². The highest BCUT2D eigenvalue weighted by atomic mass is 16.7. The van der Waals surface area contributed by atoms with E-state index in [0.717, 1.165) is 64.1 Å². The zero-order valence-corrected chi connectivity index (χ0v) is 14.7. The first-order valence-electron chi connectivity index (χ1n) is 9.12. The fraction of sp³-hybridized carbons (Fsp3) is 0.579. The van der Waals surface area contributed by atoms with E-state index in [1.165, 1.54) is 0 Å². The minimum Gasteiger partial charge on any atom is -0.353 e. The first-order valence-corrected chi connectivity index (χ1v) is 9.12. The number of ether oxygens (including phenoxy) is 2. The van der Waals surface area contributed by atoms with Crippen molar-refractivity contribution in [3.8, 4) is 0 Å². The van der Waals surface area contributed by atoms with Gasteiger partial charge in [0.25, 0.3) is 0 Å². The smallest absolute Gasteiger partial charge is 0.243 e. The first kappa shape index (κ1) is 18.0. The minimum absolute atomic E-state index is 0.0562. The number of unbranched alkanes of at least 4 members (excludes halogenated alkanes) is 1. The van der Waals surface area contributed by atoms with Gasteiger partial charge in [-0.3, -0.25) is 9.78 Å². The number of hydrogen-bond donors (Lipinski definition) is 1. The second-order valence-corrected chi connectivity index (χ2v) is 6.57. The molecule has 1 N–H and O–H groups in total. The molecule has 0 aromatic carbocycles. The molecule has 6 heteroatoms. The summed E-state index contributed by atoms with van der Waals surface area (Å²) >= 11 is 0. The number of rotatable bonds is 7. The van der Waals surface area contributed by atoms with Gasteiger partial charge in [-0.05, 0) is 37.1 Å². The number of likely N-dealkylation sites (tertiary alicyclic amines) is 1. The Morgan fingerprint density at radius 2 is 2.08 bits per heavy atom. The molecule has 1 amide bonds. The highest BCUT2D eigenvalue weighted by Crippen LogP contribution is 2.31. The lowest BCUT2D eigenvalue weighted by Gasteiger charge is -2.37. The SMILES string of the molecule is O=C(/C=C\c1cccnc1)NCCCCN1CCC2(CC1)OCCO2. The van der Waals surface area contributed by atoms with Crippen molar-refractivity contribution in [3.05, 3.63) is 36.2 Å². The van der Waals surface area contributed by atoms with Gasteiger partial charge in [0.2, 0.25) is 5.91 Å². The number of piperidine rings is 1. The van der Waals surface area contributed by atoms with Gasteiger partial charge in [0, 0.05) is 50.9 Å². The van der Waals surface area contributed by atoms with Crippen LogP contribution in [0.4, 0.5) is 0 Å². The maximum Gasteiger partial charge on any atom is 0.243 e. The average molecular weight is 345 g/mol. The molecule has 0 aliphatic carbocycles. The van der Waals surface area contributed by atoms with E-state index in [0.29, 0.717) is 6.54 Å². The van der Waals surface area contributed by atoms with Crippen LogP contribution in [0.25, 0.3) is 6.08 Å². The number of hydrogen-bond acceptors (Lipinski definition) is 5. The van der Waals surface area contributed by atoms with Crippen LogP contribution in [0.2, 0.25) is 0 Å². The Hall–Kier alpha value is -1.76. The zero-order valence-electron chi connectivity index (χ0n) is 14.7. The van der Waals surface area contributed by atoms with Crippen LogP contribution >= 0.6 is 0 Å². The predicted molar refractivity (Wildman–Crippen MR) is 95.8 cm³/mol. The van der Waals surface area contributed by atoms with E-state index in [9.17, 15) is 4.79 Å². The molecular formula is C19H27N3O3. The van der Waals surface area contributed by atoms with E-state index >= 15 is 0 Å². The van der Waals surface area contributed by atoms with Gasteiger partial charge in [-0.25, -0.2) is 0 Å². The molecule has 1 aromatic rings. The Morgan fingerprint density at radius 3 is 2.80 bits per heavy atom. The molecule has 2 saturated heterocycles. The summed E-state index contributed by atoms with van der Waals surface area (Å²) in [6, 6.07) is 3.77. The summed E-state index contributed by atoms with van der Waals surface area (Å²) < 4.78 is 11.5. The second-order valence-electron chi connectivity index (χ2n) is 6.57. The van der Waals surface area contributed by atoms with Crippen LogP contribution in [0.1, 0.15) is 31.2 Å². The molecule has 1 aromatic heterocycles. The molecule has 0 bridgehead atoms. The van der Waals surface area contributed by atoms with Gasteiger partial charge in [0.15, 0.2) is 5.79 Å². The molecule has 0 unspecified atom stereocenters. The topological polar surface area (TPSA) is 63.7 Å². The van der Waals surface area contributed by atoms with Crippen LogP contribution in [0.5, 0.6) is 0 Å². The van der Waals surface area contributed by atoms with Crippen molar-refractivity contribution in [3.63, 3.8) is 0 Å². The number of carbonyl (C=O) groups is 1. The maximum absolute atomic E-state index is 11.8. The summed E-state index contributed by atoms with van der Waals surface area (Å²) in [6.45, 7) is 5.29. The Labute approximate surface area is 149 Å². The molecule has 0 saturated carbocycles. The molecule has 2 aliphatic heterocycles. The summed E-state index contributed by atoms with van der Waals surface area (Å²) in [7, 11) is 0. The Kier molecular flexibility index (Phi) is 6.55. The largest absolute Gasteiger partial charge is 0.353 e. The zero-order chi connectivity index (χ0) is 17.4. The van der Waals surface area contributed by atoms with Crippen LogP contribution in [-0.2, 0) is 14.3 Å². The summed E-state index contributed by atoms with van der Waals surface area (Å²) in [4.78, 5) is 18.2. The molecule has 2 fully saturated rings. The lowest BCUT2D eigenvalue weighted by atomic mass is 10.0. The molecule has 3 heterocycles. The number of nitrogens with one attached hydrogen (secondary N) is 1. The molecule has 3 rings (SSSR count). The fourth-order valence-electron chi connectivity index (χ4n) is 3.28. The van der Waals surface area contributed by atoms with Crippen molar-refractivity contribution < 1.29 is 14.3 Å². The molecule has 6 nitrogen and oxygen atoms in total. The number of amides is 1. The molecule has 25 heavy (non-hydrogen) atoms. The fourth-order valence-corrected chi connectivity index (χ4v) is 3.28. The van der Waals surface area contributed by atoms with Crippen LogP contribution in [0, 0.1) is 0 Å². The molecule has 136 valence electrons. The predicted octanol–water partition coefficient (Wildman–Crippen LogP) is 1.83. The lowest BCUT2D eigenvalue weighted by molar-refractivity contribution is -0.185. The number of carbonyl (C=O) groups excluding carboxylic acids is 1. The number of aromatic nitrogens is 1. The third-order valence-corrected chi connectivity index (χ3v) is 4.74. The third kappa shape index (κ3) is 5.63. The van der Waals surface area contributed by atoms with Crippen molar-refractivity contribution in [1.82, 2.24) is 15.2 Å². The van der Waals surface area contributed by atoms with E-state index in [-0.39, 0.29) is 11.7 Å². The highest BCUT2D eigenvalue weighted by Gasteiger charge is 2.39. The quantitative estimate of drug-likeness (QED) is 0.603. The summed E-state index contributed by atoms with van der Waals surface area (Å²) in [6.07, 6.45) is 10.8. The molecular weight excluding hydrogens is 318 g/mol. The Bertz CT molecular complexity index is 561. The van der Waals surface area contributed by atoms with E-state index < -0.39 is 0 Å². The normalized spacial score (nSPS) is 20.3.